The third kappa shape index (κ3) is 5.02. The van der Waals surface area contributed by atoms with Crippen LogP contribution in [0.3, 0.4) is 0 Å². The lowest BCUT2D eigenvalue weighted by atomic mass is 10.1. The molecule has 4 aromatic rings. The highest BCUT2D eigenvalue weighted by atomic mass is 16.6. The summed E-state index contributed by atoms with van der Waals surface area (Å²) in [6.45, 7) is 2.20. The van der Waals surface area contributed by atoms with Crippen molar-refractivity contribution in [3.63, 3.8) is 0 Å². The van der Waals surface area contributed by atoms with Gasteiger partial charge in [-0.15, -0.1) is 0 Å². The SMILES string of the molecule is CCOc1cc(/C=C/C(=O)c2cc3ccccc3oc2=O)ccc1Oc1ccc([N+](=O)[O-])cc1. The zero-order valence-corrected chi connectivity index (χ0v) is 18.1. The molecule has 0 radical (unpaired) electrons. The zero-order valence-electron chi connectivity index (χ0n) is 18.1. The Morgan fingerprint density at radius 3 is 2.53 bits per heavy atom. The molecule has 8 heteroatoms. The van der Waals surface area contributed by atoms with Gasteiger partial charge >= 0.3 is 5.63 Å². The molecular formula is C26H19NO7. The standard InChI is InChI=1S/C26H19NO7/c1-2-32-25-15-17(8-14-24(25)33-20-11-9-19(10-12-20)27(30)31)7-13-22(28)21-16-18-5-3-4-6-23(18)34-26(21)29/h3-16H,2H2,1H3/b13-7+. The van der Waals surface area contributed by atoms with E-state index in [4.69, 9.17) is 13.9 Å². The molecule has 0 fully saturated rings. The van der Waals surface area contributed by atoms with E-state index in [1.807, 2.05) is 6.92 Å². The lowest BCUT2D eigenvalue weighted by Crippen LogP contribution is -2.11. The van der Waals surface area contributed by atoms with Gasteiger partial charge in [-0.05, 0) is 55.0 Å². The first-order valence-corrected chi connectivity index (χ1v) is 10.4. The van der Waals surface area contributed by atoms with Gasteiger partial charge in [-0.1, -0.05) is 30.3 Å². The van der Waals surface area contributed by atoms with E-state index < -0.39 is 16.3 Å². The molecule has 1 heterocycles. The molecule has 0 unspecified atom stereocenters. The predicted molar refractivity (Wildman–Crippen MR) is 127 cm³/mol. The van der Waals surface area contributed by atoms with Crippen molar-refractivity contribution in [3.8, 4) is 17.2 Å². The van der Waals surface area contributed by atoms with E-state index in [1.165, 1.54) is 36.4 Å². The van der Waals surface area contributed by atoms with Gasteiger partial charge in [0.25, 0.3) is 5.69 Å². The van der Waals surface area contributed by atoms with Crippen LogP contribution < -0.4 is 15.1 Å². The number of ketones is 1. The molecule has 0 aliphatic heterocycles. The van der Waals surface area contributed by atoms with Gasteiger partial charge in [0.2, 0.25) is 0 Å². The minimum atomic E-state index is -0.699. The average Bonchev–Trinajstić information content (AvgIpc) is 2.84. The van der Waals surface area contributed by atoms with Crippen LogP contribution in [0.4, 0.5) is 5.69 Å². The molecule has 34 heavy (non-hydrogen) atoms. The van der Waals surface area contributed by atoms with Gasteiger partial charge in [-0.25, -0.2) is 4.79 Å². The van der Waals surface area contributed by atoms with Crippen LogP contribution in [-0.4, -0.2) is 17.3 Å². The number of para-hydroxylation sites is 1. The van der Waals surface area contributed by atoms with Crippen LogP contribution in [0, 0.1) is 10.1 Å². The second kappa shape index (κ2) is 9.83. The quantitative estimate of drug-likeness (QED) is 0.108. The Kier molecular flexibility index (Phi) is 6.49. The molecular weight excluding hydrogens is 438 g/mol. The number of nitrogens with zero attached hydrogens (tertiary/aromatic N) is 1. The van der Waals surface area contributed by atoms with E-state index in [1.54, 1.807) is 48.5 Å². The number of carbonyl (C=O) groups is 1. The average molecular weight is 457 g/mol. The van der Waals surface area contributed by atoms with Crippen molar-refractivity contribution in [1.82, 2.24) is 0 Å². The summed E-state index contributed by atoms with van der Waals surface area (Å²) >= 11 is 0. The normalized spacial score (nSPS) is 11.0. The number of ether oxygens (including phenoxy) is 2. The van der Waals surface area contributed by atoms with Crippen LogP contribution in [0.25, 0.3) is 17.0 Å². The highest BCUT2D eigenvalue weighted by Gasteiger charge is 2.12. The summed E-state index contributed by atoms with van der Waals surface area (Å²) in [6.07, 6.45) is 2.86. The fourth-order valence-corrected chi connectivity index (χ4v) is 3.24. The number of rotatable bonds is 8. The molecule has 1 aromatic heterocycles. The predicted octanol–water partition coefficient (Wildman–Crippen LogP) is 5.79. The number of non-ortho nitro benzene ring substituents is 1. The number of benzene rings is 3. The Balaban J connectivity index is 1.56. The lowest BCUT2D eigenvalue weighted by Gasteiger charge is -2.12. The molecule has 0 amide bonds. The highest BCUT2D eigenvalue weighted by molar-refractivity contribution is 6.07. The molecule has 0 bridgehead atoms. The first-order valence-electron chi connectivity index (χ1n) is 10.4. The van der Waals surface area contributed by atoms with E-state index in [2.05, 4.69) is 0 Å². The van der Waals surface area contributed by atoms with E-state index in [0.29, 0.717) is 40.4 Å². The van der Waals surface area contributed by atoms with Gasteiger partial charge in [0.1, 0.15) is 16.9 Å². The largest absolute Gasteiger partial charge is 0.490 e. The van der Waals surface area contributed by atoms with Crippen LogP contribution in [0.15, 0.2) is 88.1 Å². The van der Waals surface area contributed by atoms with E-state index >= 15 is 0 Å². The van der Waals surface area contributed by atoms with Crippen molar-refractivity contribution in [2.75, 3.05) is 6.61 Å². The van der Waals surface area contributed by atoms with Gasteiger partial charge in [0.05, 0.1) is 11.5 Å². The number of hydrogen-bond donors (Lipinski definition) is 0. The van der Waals surface area contributed by atoms with Crippen molar-refractivity contribution in [2.45, 2.75) is 6.92 Å². The summed E-state index contributed by atoms with van der Waals surface area (Å²) in [6, 6.07) is 19.2. The van der Waals surface area contributed by atoms with Crippen molar-refractivity contribution >= 4 is 28.5 Å². The first-order chi connectivity index (χ1) is 16.4. The Morgan fingerprint density at radius 1 is 1.03 bits per heavy atom. The van der Waals surface area contributed by atoms with Crippen LogP contribution in [-0.2, 0) is 0 Å². The molecule has 0 spiro atoms. The van der Waals surface area contributed by atoms with E-state index in [0.717, 1.165) is 0 Å². The summed E-state index contributed by atoms with van der Waals surface area (Å²) in [5.41, 5.74) is 0.271. The molecule has 0 aliphatic rings. The molecule has 0 atom stereocenters. The fraction of sp³-hybridized carbons (Fsp3) is 0.0769. The first kappa shape index (κ1) is 22.5. The zero-order chi connectivity index (χ0) is 24.1. The molecule has 0 N–H and O–H groups in total. The van der Waals surface area contributed by atoms with Gasteiger partial charge in [-0.3, -0.25) is 14.9 Å². The van der Waals surface area contributed by atoms with Gasteiger partial charge < -0.3 is 13.9 Å². The maximum atomic E-state index is 12.6. The van der Waals surface area contributed by atoms with Gasteiger partial charge in [0.15, 0.2) is 17.3 Å². The van der Waals surface area contributed by atoms with Crippen molar-refractivity contribution in [1.29, 1.82) is 0 Å². The van der Waals surface area contributed by atoms with Crippen molar-refractivity contribution in [3.05, 3.63) is 111 Å². The summed E-state index contributed by atoms with van der Waals surface area (Å²) in [4.78, 5) is 35.2. The number of carbonyl (C=O) groups excluding carboxylic acids is 1. The van der Waals surface area contributed by atoms with Crippen LogP contribution in [0.2, 0.25) is 0 Å². The number of allylic oxidation sites excluding steroid dienone is 1. The highest BCUT2D eigenvalue weighted by Crippen LogP contribution is 2.33. The summed E-state index contributed by atoms with van der Waals surface area (Å²) in [5, 5.41) is 11.5. The number of nitro benzene ring substituents is 1. The van der Waals surface area contributed by atoms with E-state index in [-0.39, 0.29) is 11.3 Å². The van der Waals surface area contributed by atoms with E-state index in [9.17, 15) is 19.7 Å². The minimum Gasteiger partial charge on any atom is -0.490 e. The Morgan fingerprint density at radius 2 is 1.79 bits per heavy atom. The number of nitro groups is 1. The lowest BCUT2D eigenvalue weighted by molar-refractivity contribution is -0.384. The third-order valence-electron chi connectivity index (χ3n) is 4.88. The Hall–Kier alpha value is -4.72. The summed E-state index contributed by atoms with van der Waals surface area (Å²) in [5.74, 6) is 0.770. The smallest absolute Gasteiger partial charge is 0.347 e. The molecule has 0 aliphatic carbocycles. The molecule has 0 saturated carbocycles. The number of fused-ring (bicyclic) bond motifs is 1. The maximum absolute atomic E-state index is 12.6. The van der Waals surface area contributed by atoms with Crippen LogP contribution in [0.1, 0.15) is 22.8 Å². The molecule has 4 rings (SSSR count). The monoisotopic (exact) mass is 457 g/mol. The molecule has 0 saturated heterocycles. The second-order valence-electron chi connectivity index (χ2n) is 7.18. The molecule has 170 valence electrons. The van der Waals surface area contributed by atoms with Crippen molar-refractivity contribution in [2.24, 2.45) is 0 Å². The Labute approximate surface area is 193 Å². The Bertz CT molecular complexity index is 1450. The van der Waals surface area contributed by atoms with Gasteiger partial charge in [0, 0.05) is 17.5 Å². The summed E-state index contributed by atoms with van der Waals surface area (Å²) in [7, 11) is 0. The topological polar surface area (TPSA) is 109 Å². The minimum absolute atomic E-state index is 0.0389. The van der Waals surface area contributed by atoms with Gasteiger partial charge in [-0.2, -0.15) is 0 Å². The maximum Gasteiger partial charge on any atom is 0.347 e. The third-order valence-corrected chi connectivity index (χ3v) is 4.88. The molecule has 8 nitrogen and oxygen atoms in total. The number of hydrogen-bond acceptors (Lipinski definition) is 7. The molecule has 3 aromatic carbocycles. The second-order valence-corrected chi connectivity index (χ2v) is 7.18. The summed E-state index contributed by atoms with van der Waals surface area (Å²) < 4.78 is 16.7. The van der Waals surface area contributed by atoms with Crippen LogP contribution >= 0.6 is 0 Å². The van der Waals surface area contributed by atoms with Crippen molar-refractivity contribution < 1.29 is 23.6 Å². The fourth-order valence-electron chi connectivity index (χ4n) is 3.24. The van der Waals surface area contributed by atoms with Crippen LogP contribution in [0.5, 0.6) is 17.2 Å².